The van der Waals surface area contributed by atoms with Crippen LogP contribution in [0.15, 0.2) is 29.2 Å². The predicted octanol–water partition coefficient (Wildman–Crippen LogP) is 2.98. The Labute approximate surface area is 137 Å². The summed E-state index contributed by atoms with van der Waals surface area (Å²) in [5.74, 6) is -1.10. The van der Waals surface area contributed by atoms with Crippen LogP contribution in [0.5, 0.6) is 0 Å². The van der Waals surface area contributed by atoms with Gasteiger partial charge in [-0.15, -0.1) is 0 Å². The molecule has 0 aromatic heterocycles. The average Bonchev–Trinajstić information content (AvgIpc) is 2.74. The van der Waals surface area contributed by atoms with Crippen molar-refractivity contribution in [1.82, 2.24) is 4.90 Å². The molecule has 1 aliphatic heterocycles. The maximum Gasteiger partial charge on any atom is 0.307 e. The Hall–Kier alpha value is -1.73. The highest BCUT2D eigenvalue weighted by Crippen LogP contribution is 2.32. The second-order valence-electron chi connectivity index (χ2n) is 4.41. The van der Waals surface area contributed by atoms with Crippen molar-refractivity contribution in [3.8, 4) is 0 Å². The largest absolute Gasteiger partial charge is 0.466 e. The van der Waals surface area contributed by atoms with Gasteiger partial charge in [-0.3, -0.25) is 14.5 Å². The van der Waals surface area contributed by atoms with Crippen LogP contribution in [0.2, 0.25) is 0 Å². The van der Waals surface area contributed by atoms with Crippen LogP contribution >= 0.6 is 24.0 Å². The van der Waals surface area contributed by atoms with E-state index in [-0.39, 0.29) is 24.8 Å². The summed E-state index contributed by atoms with van der Waals surface area (Å²) in [6, 6.07) is 6.18. The van der Waals surface area contributed by atoms with Crippen molar-refractivity contribution in [2.45, 2.75) is 13.3 Å². The van der Waals surface area contributed by atoms with E-state index in [0.717, 1.165) is 11.8 Å². The molecule has 1 aromatic carbocycles. The first-order chi connectivity index (χ1) is 10.5. The first-order valence-corrected chi connectivity index (χ1v) is 7.91. The third-order valence-electron chi connectivity index (χ3n) is 2.91. The second-order valence-corrected chi connectivity index (χ2v) is 6.09. The Morgan fingerprint density at radius 1 is 1.45 bits per heavy atom. The molecular weight excluding hydrogens is 325 g/mol. The van der Waals surface area contributed by atoms with Crippen molar-refractivity contribution in [2.75, 3.05) is 13.2 Å². The number of carbonyl (C=O) groups is 2. The van der Waals surface area contributed by atoms with Crippen molar-refractivity contribution in [3.63, 3.8) is 0 Å². The first kappa shape index (κ1) is 16.6. The molecule has 0 radical (unpaired) electrons. The Balaban J connectivity index is 2.09. The minimum Gasteiger partial charge on any atom is -0.466 e. The van der Waals surface area contributed by atoms with Gasteiger partial charge in [0.15, 0.2) is 0 Å². The molecule has 22 heavy (non-hydrogen) atoms. The van der Waals surface area contributed by atoms with Gasteiger partial charge >= 0.3 is 5.97 Å². The number of esters is 1. The number of amides is 1. The molecule has 1 amide bonds. The molecule has 0 saturated carbocycles. The van der Waals surface area contributed by atoms with Crippen LogP contribution in [0.4, 0.5) is 4.39 Å². The summed E-state index contributed by atoms with van der Waals surface area (Å²) < 4.78 is 18.8. The monoisotopic (exact) mass is 339 g/mol. The van der Waals surface area contributed by atoms with Gasteiger partial charge in [-0.1, -0.05) is 42.2 Å². The average molecular weight is 339 g/mol. The molecule has 116 valence electrons. The topological polar surface area (TPSA) is 46.6 Å². The van der Waals surface area contributed by atoms with E-state index >= 15 is 0 Å². The SMILES string of the molecule is CCOC(=O)CCN1C(=O)C(=Cc2ccccc2F)SC1=S. The van der Waals surface area contributed by atoms with E-state index < -0.39 is 5.82 Å². The number of hydrogen-bond acceptors (Lipinski definition) is 5. The highest BCUT2D eigenvalue weighted by Gasteiger charge is 2.32. The van der Waals surface area contributed by atoms with E-state index in [2.05, 4.69) is 0 Å². The number of rotatable bonds is 5. The van der Waals surface area contributed by atoms with Crippen LogP contribution < -0.4 is 0 Å². The quantitative estimate of drug-likeness (QED) is 0.469. The summed E-state index contributed by atoms with van der Waals surface area (Å²) in [5, 5.41) is 0. The molecule has 0 bridgehead atoms. The highest BCUT2D eigenvalue weighted by molar-refractivity contribution is 8.26. The van der Waals surface area contributed by atoms with Crippen LogP contribution in [-0.4, -0.2) is 34.2 Å². The molecule has 0 N–H and O–H groups in total. The zero-order chi connectivity index (χ0) is 16.1. The van der Waals surface area contributed by atoms with Crippen LogP contribution in [0, 0.1) is 5.82 Å². The number of halogens is 1. The third-order valence-corrected chi connectivity index (χ3v) is 4.29. The molecule has 0 spiro atoms. The van der Waals surface area contributed by atoms with Gasteiger partial charge in [-0.25, -0.2) is 4.39 Å². The molecule has 4 nitrogen and oxygen atoms in total. The number of thiocarbonyl (C=S) groups is 1. The smallest absolute Gasteiger partial charge is 0.307 e. The molecule has 1 heterocycles. The molecule has 2 rings (SSSR count). The normalized spacial score (nSPS) is 16.5. The van der Waals surface area contributed by atoms with E-state index in [1.165, 1.54) is 17.0 Å². The number of benzene rings is 1. The molecule has 0 aliphatic carbocycles. The molecule has 0 unspecified atom stereocenters. The van der Waals surface area contributed by atoms with Gasteiger partial charge in [0.1, 0.15) is 10.1 Å². The number of carbonyl (C=O) groups excluding carboxylic acids is 2. The maximum absolute atomic E-state index is 13.6. The lowest BCUT2D eigenvalue weighted by Crippen LogP contribution is -2.30. The third kappa shape index (κ3) is 3.92. The van der Waals surface area contributed by atoms with E-state index in [1.54, 1.807) is 25.1 Å². The van der Waals surface area contributed by atoms with Crippen molar-refractivity contribution < 1.29 is 18.7 Å². The summed E-state index contributed by atoms with van der Waals surface area (Å²) in [7, 11) is 0. The Morgan fingerprint density at radius 2 is 2.18 bits per heavy atom. The maximum atomic E-state index is 13.6. The van der Waals surface area contributed by atoms with E-state index in [1.807, 2.05) is 0 Å². The fraction of sp³-hybridized carbons (Fsp3) is 0.267. The number of thioether (sulfide) groups is 1. The number of hydrogen-bond donors (Lipinski definition) is 0. The lowest BCUT2D eigenvalue weighted by Gasteiger charge is -2.13. The van der Waals surface area contributed by atoms with Gasteiger partial charge in [0, 0.05) is 12.1 Å². The lowest BCUT2D eigenvalue weighted by atomic mass is 10.2. The molecule has 0 atom stereocenters. The summed E-state index contributed by atoms with van der Waals surface area (Å²) >= 11 is 6.24. The fourth-order valence-corrected chi connectivity index (χ4v) is 3.16. The van der Waals surface area contributed by atoms with E-state index in [0.29, 0.717) is 21.4 Å². The van der Waals surface area contributed by atoms with E-state index in [4.69, 9.17) is 17.0 Å². The van der Waals surface area contributed by atoms with Crippen molar-refractivity contribution in [3.05, 3.63) is 40.6 Å². The van der Waals surface area contributed by atoms with Gasteiger partial charge < -0.3 is 4.74 Å². The Morgan fingerprint density at radius 3 is 2.86 bits per heavy atom. The Bertz CT molecular complexity index is 645. The van der Waals surface area contributed by atoms with Crippen LogP contribution in [0.1, 0.15) is 18.9 Å². The van der Waals surface area contributed by atoms with E-state index in [9.17, 15) is 14.0 Å². The minimum atomic E-state index is -0.403. The van der Waals surface area contributed by atoms with Crippen LogP contribution in [0.3, 0.4) is 0 Å². The second kappa shape index (κ2) is 7.51. The minimum absolute atomic E-state index is 0.0766. The summed E-state index contributed by atoms with van der Waals surface area (Å²) in [5.41, 5.74) is 0.327. The molecule has 1 aliphatic rings. The number of nitrogens with zero attached hydrogens (tertiary/aromatic N) is 1. The van der Waals surface area contributed by atoms with Crippen molar-refractivity contribution >= 4 is 46.3 Å². The molecule has 1 fully saturated rings. The fourth-order valence-electron chi connectivity index (χ4n) is 1.86. The lowest BCUT2D eigenvalue weighted by molar-refractivity contribution is -0.143. The summed E-state index contributed by atoms with van der Waals surface area (Å²) in [6.45, 7) is 2.18. The number of ether oxygens (including phenoxy) is 1. The molecular formula is C15H14FNO3S2. The molecule has 1 aromatic rings. The van der Waals surface area contributed by atoms with Gasteiger partial charge in [-0.2, -0.15) is 0 Å². The predicted molar refractivity (Wildman–Crippen MR) is 87.5 cm³/mol. The van der Waals surface area contributed by atoms with Crippen molar-refractivity contribution in [1.29, 1.82) is 0 Å². The van der Waals surface area contributed by atoms with Gasteiger partial charge in [0.2, 0.25) is 0 Å². The standard InChI is InChI=1S/C15H14FNO3S2/c1-2-20-13(18)7-8-17-14(19)12(22-15(17)21)9-10-5-3-4-6-11(10)16/h3-6,9H,2,7-8H2,1H3. The highest BCUT2D eigenvalue weighted by atomic mass is 32.2. The van der Waals surface area contributed by atoms with Crippen LogP contribution in [-0.2, 0) is 14.3 Å². The summed E-state index contributed by atoms with van der Waals surface area (Å²) in [6.07, 6.45) is 1.55. The van der Waals surface area contributed by atoms with Crippen molar-refractivity contribution in [2.24, 2.45) is 0 Å². The zero-order valence-corrected chi connectivity index (χ0v) is 13.5. The van der Waals surface area contributed by atoms with Crippen LogP contribution in [0.25, 0.3) is 6.08 Å². The molecule has 1 saturated heterocycles. The first-order valence-electron chi connectivity index (χ1n) is 6.68. The van der Waals surface area contributed by atoms with Gasteiger partial charge in [0.05, 0.1) is 17.9 Å². The summed E-state index contributed by atoms with van der Waals surface area (Å²) in [4.78, 5) is 25.3. The molecule has 7 heteroatoms. The van der Waals surface area contributed by atoms with Gasteiger partial charge in [0.25, 0.3) is 5.91 Å². The van der Waals surface area contributed by atoms with Gasteiger partial charge in [-0.05, 0) is 19.1 Å². The Kier molecular flexibility index (Phi) is 5.68. The zero-order valence-electron chi connectivity index (χ0n) is 11.9.